The molecule has 2 heterocycles. The summed E-state index contributed by atoms with van der Waals surface area (Å²) in [5.41, 5.74) is 0.992. The normalized spacial score (nSPS) is 10.6. The number of pyridine rings is 1. The third-order valence-electron chi connectivity index (χ3n) is 4.21. The summed E-state index contributed by atoms with van der Waals surface area (Å²) in [5.74, 6) is 0.335. The molecule has 2 aromatic heterocycles. The smallest absolute Gasteiger partial charge is 0.342 e. The molecule has 0 fully saturated rings. The van der Waals surface area contributed by atoms with Crippen molar-refractivity contribution in [1.82, 2.24) is 20.1 Å². The summed E-state index contributed by atoms with van der Waals surface area (Å²) in [7, 11) is 0. The summed E-state index contributed by atoms with van der Waals surface area (Å²) in [4.78, 5) is 28.8. The van der Waals surface area contributed by atoms with Crippen molar-refractivity contribution in [3.05, 3.63) is 72.2 Å². The van der Waals surface area contributed by atoms with Crippen LogP contribution in [0.15, 0.2) is 60.9 Å². The van der Waals surface area contributed by atoms with Crippen LogP contribution in [0.25, 0.3) is 5.82 Å². The van der Waals surface area contributed by atoms with Crippen molar-refractivity contribution in [2.45, 2.75) is 19.8 Å². The number of rotatable bonds is 9. The van der Waals surface area contributed by atoms with Crippen molar-refractivity contribution in [2.24, 2.45) is 0 Å². The van der Waals surface area contributed by atoms with Crippen molar-refractivity contribution in [3.63, 3.8) is 0 Å². The van der Waals surface area contributed by atoms with E-state index in [2.05, 4.69) is 15.4 Å². The van der Waals surface area contributed by atoms with E-state index in [-0.39, 0.29) is 12.5 Å². The number of aromatic nitrogens is 3. The second-order valence-corrected chi connectivity index (χ2v) is 6.79. The number of para-hydroxylation sites is 1. The molecule has 1 N–H and O–H groups in total. The molecule has 0 atom stereocenters. The van der Waals surface area contributed by atoms with E-state index < -0.39 is 11.9 Å². The van der Waals surface area contributed by atoms with E-state index in [1.807, 2.05) is 50.2 Å². The lowest BCUT2D eigenvalue weighted by molar-refractivity contribution is -0.124. The Bertz CT molecular complexity index is 971. The molecule has 0 saturated carbocycles. The van der Waals surface area contributed by atoms with Crippen LogP contribution in [-0.4, -0.2) is 46.4 Å². The molecule has 3 rings (SSSR count). The molecule has 0 saturated heterocycles. The zero-order valence-corrected chi connectivity index (χ0v) is 16.9. The molecule has 0 aliphatic carbocycles. The van der Waals surface area contributed by atoms with Gasteiger partial charge in [0.1, 0.15) is 17.9 Å². The van der Waals surface area contributed by atoms with Crippen molar-refractivity contribution < 1.29 is 19.1 Å². The van der Waals surface area contributed by atoms with E-state index in [0.717, 1.165) is 5.75 Å². The van der Waals surface area contributed by atoms with Gasteiger partial charge in [-0.05, 0) is 30.2 Å². The molecule has 30 heavy (non-hydrogen) atoms. The van der Waals surface area contributed by atoms with Crippen LogP contribution >= 0.6 is 0 Å². The minimum Gasteiger partial charge on any atom is -0.492 e. The van der Waals surface area contributed by atoms with Gasteiger partial charge in [0.2, 0.25) is 0 Å². The van der Waals surface area contributed by atoms with Crippen LogP contribution in [0.1, 0.15) is 35.8 Å². The van der Waals surface area contributed by atoms with Crippen molar-refractivity contribution in [2.75, 3.05) is 19.8 Å². The second kappa shape index (κ2) is 10.2. The number of benzene rings is 1. The van der Waals surface area contributed by atoms with Gasteiger partial charge in [0.05, 0.1) is 18.4 Å². The van der Waals surface area contributed by atoms with Gasteiger partial charge in [-0.15, -0.1) is 0 Å². The number of carbonyl (C=O) groups excluding carboxylic acids is 2. The van der Waals surface area contributed by atoms with Crippen LogP contribution < -0.4 is 10.1 Å². The molecule has 0 aliphatic heterocycles. The SMILES string of the molecule is CC(C)c1c(C(=O)OCC(=O)NCCOc2ccccc2)cnn1-c1ccccn1. The van der Waals surface area contributed by atoms with Crippen LogP contribution in [-0.2, 0) is 9.53 Å². The minimum absolute atomic E-state index is 0.000943. The first-order valence-corrected chi connectivity index (χ1v) is 9.67. The topological polar surface area (TPSA) is 95.3 Å². The molecule has 0 spiro atoms. The van der Waals surface area contributed by atoms with Gasteiger partial charge in [0.25, 0.3) is 5.91 Å². The third-order valence-corrected chi connectivity index (χ3v) is 4.21. The first-order chi connectivity index (χ1) is 14.6. The lowest BCUT2D eigenvalue weighted by Gasteiger charge is -2.12. The average molecular weight is 408 g/mol. The lowest BCUT2D eigenvalue weighted by Crippen LogP contribution is -2.32. The van der Waals surface area contributed by atoms with Gasteiger partial charge in [-0.2, -0.15) is 5.10 Å². The zero-order chi connectivity index (χ0) is 21.3. The predicted molar refractivity (Wildman–Crippen MR) is 111 cm³/mol. The molecule has 0 bridgehead atoms. The standard InChI is InChI=1S/C22H24N4O4/c1-16(2)21-18(14-25-26(21)19-10-6-7-11-23-19)22(28)30-15-20(27)24-12-13-29-17-8-4-3-5-9-17/h3-11,14,16H,12-13,15H2,1-2H3,(H,24,27). The highest BCUT2D eigenvalue weighted by Crippen LogP contribution is 2.22. The summed E-state index contributed by atoms with van der Waals surface area (Å²) in [6.45, 7) is 4.15. The molecular formula is C22H24N4O4. The molecule has 0 unspecified atom stereocenters. The number of nitrogens with zero attached hydrogens (tertiary/aromatic N) is 3. The Labute approximate surface area is 174 Å². The van der Waals surface area contributed by atoms with E-state index in [1.165, 1.54) is 6.20 Å². The predicted octanol–water partition coefficient (Wildman–Crippen LogP) is 2.74. The maximum atomic E-state index is 12.5. The van der Waals surface area contributed by atoms with E-state index in [1.54, 1.807) is 23.0 Å². The monoisotopic (exact) mass is 408 g/mol. The number of hydrogen-bond donors (Lipinski definition) is 1. The Kier molecular flexibility index (Phi) is 7.15. The maximum absolute atomic E-state index is 12.5. The highest BCUT2D eigenvalue weighted by molar-refractivity contribution is 5.92. The van der Waals surface area contributed by atoms with Gasteiger partial charge < -0.3 is 14.8 Å². The first-order valence-electron chi connectivity index (χ1n) is 9.67. The molecule has 1 aromatic carbocycles. The molecule has 0 aliphatic rings. The Morgan fingerprint density at radius 3 is 2.57 bits per heavy atom. The molecule has 156 valence electrons. The first kappa shape index (κ1) is 21.0. The Morgan fingerprint density at radius 1 is 1.10 bits per heavy atom. The van der Waals surface area contributed by atoms with Crippen LogP contribution in [0.5, 0.6) is 5.75 Å². The van der Waals surface area contributed by atoms with Crippen molar-refractivity contribution in [3.8, 4) is 11.6 Å². The fraction of sp³-hybridized carbons (Fsp3) is 0.273. The van der Waals surface area contributed by atoms with Gasteiger partial charge in [-0.3, -0.25) is 4.79 Å². The number of esters is 1. The fourth-order valence-electron chi connectivity index (χ4n) is 2.87. The van der Waals surface area contributed by atoms with Gasteiger partial charge in [0, 0.05) is 6.20 Å². The third kappa shape index (κ3) is 5.44. The van der Waals surface area contributed by atoms with E-state index in [9.17, 15) is 9.59 Å². The Hall–Kier alpha value is -3.68. The highest BCUT2D eigenvalue weighted by Gasteiger charge is 2.23. The van der Waals surface area contributed by atoms with Gasteiger partial charge in [-0.1, -0.05) is 38.1 Å². The van der Waals surface area contributed by atoms with Gasteiger partial charge >= 0.3 is 5.97 Å². The van der Waals surface area contributed by atoms with E-state index in [0.29, 0.717) is 30.2 Å². The quantitative estimate of drug-likeness (QED) is 0.432. The fourth-order valence-corrected chi connectivity index (χ4v) is 2.87. The highest BCUT2D eigenvalue weighted by atomic mass is 16.5. The van der Waals surface area contributed by atoms with Gasteiger partial charge in [-0.25, -0.2) is 14.5 Å². The molecule has 8 nitrogen and oxygen atoms in total. The summed E-state index contributed by atoms with van der Waals surface area (Å²) in [6, 6.07) is 14.8. The molecule has 8 heteroatoms. The largest absolute Gasteiger partial charge is 0.492 e. The van der Waals surface area contributed by atoms with Crippen molar-refractivity contribution >= 4 is 11.9 Å². The molecule has 0 radical (unpaired) electrons. The molecule has 1 amide bonds. The maximum Gasteiger partial charge on any atom is 0.342 e. The van der Waals surface area contributed by atoms with Gasteiger partial charge in [0.15, 0.2) is 12.4 Å². The molecular weight excluding hydrogens is 384 g/mol. The summed E-state index contributed by atoms with van der Waals surface area (Å²) in [5, 5.41) is 6.94. The van der Waals surface area contributed by atoms with E-state index >= 15 is 0 Å². The number of hydrogen-bond acceptors (Lipinski definition) is 6. The van der Waals surface area contributed by atoms with Crippen LogP contribution in [0.4, 0.5) is 0 Å². The van der Waals surface area contributed by atoms with Crippen molar-refractivity contribution in [1.29, 1.82) is 0 Å². The van der Waals surface area contributed by atoms with Crippen LogP contribution in [0.3, 0.4) is 0 Å². The number of nitrogens with one attached hydrogen (secondary N) is 1. The van der Waals surface area contributed by atoms with E-state index in [4.69, 9.17) is 9.47 Å². The second-order valence-electron chi connectivity index (χ2n) is 6.79. The summed E-state index contributed by atoms with van der Waals surface area (Å²) in [6.07, 6.45) is 3.10. The molecule has 3 aromatic rings. The lowest BCUT2D eigenvalue weighted by atomic mass is 10.1. The Balaban J connectivity index is 1.52. The number of carbonyl (C=O) groups is 2. The minimum atomic E-state index is -0.600. The number of amides is 1. The summed E-state index contributed by atoms with van der Waals surface area (Å²) >= 11 is 0. The van der Waals surface area contributed by atoms with Crippen LogP contribution in [0.2, 0.25) is 0 Å². The number of ether oxygens (including phenoxy) is 2. The summed E-state index contributed by atoms with van der Waals surface area (Å²) < 4.78 is 12.3. The zero-order valence-electron chi connectivity index (χ0n) is 16.9. The average Bonchev–Trinajstić information content (AvgIpc) is 3.22. The Morgan fingerprint density at radius 2 is 1.87 bits per heavy atom. The van der Waals surface area contributed by atoms with Crippen LogP contribution in [0, 0.1) is 0 Å².